The highest BCUT2D eigenvalue weighted by molar-refractivity contribution is 7.26. The summed E-state index contributed by atoms with van der Waals surface area (Å²) in [4.78, 5) is 26.6. The van der Waals surface area contributed by atoms with Crippen LogP contribution in [0.2, 0.25) is 0 Å². The van der Waals surface area contributed by atoms with E-state index in [0.29, 0.717) is 43.9 Å². The summed E-state index contributed by atoms with van der Waals surface area (Å²) in [5, 5.41) is 4.61. The Morgan fingerprint density at radius 3 is 1.60 bits per heavy atom. The van der Waals surface area contributed by atoms with Crippen LogP contribution in [0.5, 0.6) is 0 Å². The maximum absolute atomic E-state index is 13.3. The van der Waals surface area contributed by atoms with E-state index < -0.39 is 0 Å². The van der Waals surface area contributed by atoms with Gasteiger partial charge in [0, 0.05) is 20.2 Å². The van der Waals surface area contributed by atoms with Crippen LogP contribution in [0.3, 0.4) is 0 Å². The van der Waals surface area contributed by atoms with Crippen molar-refractivity contribution in [2.75, 3.05) is 0 Å². The lowest BCUT2D eigenvalue weighted by atomic mass is 9.98. The molecule has 0 atom stereocenters. The van der Waals surface area contributed by atoms with E-state index in [1.807, 2.05) is 78.9 Å². The molecule has 0 aliphatic rings. The van der Waals surface area contributed by atoms with E-state index in [1.165, 1.54) is 4.70 Å². The standard InChI is InChI=1S/C38H20O4S/c39-36-26-6-1-3-10-31(26)41-33-15-12-21(19-29(33)36)22-14-17-35-28(18-22)25-9-5-8-24(38(25)43-35)23-13-16-34-30(20-23)37(40)27-7-2-4-11-32(27)42-34/h1-20H. The maximum atomic E-state index is 13.3. The molecular formula is C38H20O4S. The van der Waals surface area contributed by atoms with Crippen molar-refractivity contribution in [1.29, 1.82) is 0 Å². The molecule has 4 nitrogen and oxygen atoms in total. The molecular weight excluding hydrogens is 552 g/mol. The SMILES string of the molecule is O=c1c2ccccc2oc2ccc(-c3ccc4sc5c(-c6ccc7oc8ccccc8c(=O)c7c6)cccc5c4c3)cc12. The third-order valence-electron chi connectivity index (χ3n) is 8.29. The van der Waals surface area contributed by atoms with Gasteiger partial charge in [0.15, 0.2) is 0 Å². The molecule has 9 aromatic rings. The van der Waals surface area contributed by atoms with E-state index in [4.69, 9.17) is 8.83 Å². The minimum absolute atomic E-state index is 0.0238. The summed E-state index contributed by atoms with van der Waals surface area (Å²) < 4.78 is 14.4. The Hall–Kier alpha value is -5.52. The van der Waals surface area contributed by atoms with Crippen LogP contribution in [0, 0.1) is 0 Å². The Morgan fingerprint density at radius 2 is 0.930 bits per heavy atom. The number of benzene rings is 6. The number of hydrogen-bond donors (Lipinski definition) is 0. The zero-order chi connectivity index (χ0) is 28.7. The van der Waals surface area contributed by atoms with Crippen molar-refractivity contribution in [3.63, 3.8) is 0 Å². The predicted octanol–water partition coefficient (Wildman–Crippen LogP) is 9.91. The Balaban J connectivity index is 1.20. The molecule has 0 unspecified atom stereocenters. The van der Waals surface area contributed by atoms with Gasteiger partial charge in [0.25, 0.3) is 0 Å². The molecule has 202 valence electrons. The molecule has 43 heavy (non-hydrogen) atoms. The lowest BCUT2D eigenvalue weighted by Gasteiger charge is -2.07. The predicted molar refractivity (Wildman–Crippen MR) is 177 cm³/mol. The first-order valence-corrected chi connectivity index (χ1v) is 14.8. The van der Waals surface area contributed by atoms with E-state index in [2.05, 4.69) is 36.4 Å². The topological polar surface area (TPSA) is 60.4 Å². The Bertz CT molecular complexity index is 2730. The molecule has 0 N–H and O–H groups in total. The summed E-state index contributed by atoms with van der Waals surface area (Å²) >= 11 is 1.74. The second-order valence-electron chi connectivity index (χ2n) is 10.8. The van der Waals surface area contributed by atoms with Gasteiger partial charge in [-0.1, -0.05) is 60.7 Å². The van der Waals surface area contributed by atoms with Gasteiger partial charge >= 0.3 is 0 Å². The number of hydrogen-bond acceptors (Lipinski definition) is 5. The van der Waals surface area contributed by atoms with Crippen molar-refractivity contribution in [2.45, 2.75) is 0 Å². The smallest absolute Gasteiger partial charge is 0.200 e. The summed E-state index contributed by atoms with van der Waals surface area (Å²) in [6.07, 6.45) is 0. The van der Waals surface area contributed by atoms with Crippen LogP contribution >= 0.6 is 11.3 Å². The molecule has 3 aromatic heterocycles. The van der Waals surface area contributed by atoms with Crippen LogP contribution in [0.25, 0.3) is 86.3 Å². The minimum Gasteiger partial charge on any atom is -0.456 e. The van der Waals surface area contributed by atoms with Crippen LogP contribution in [0.1, 0.15) is 0 Å². The molecule has 0 spiro atoms. The Morgan fingerprint density at radius 1 is 0.419 bits per heavy atom. The fraction of sp³-hybridized carbons (Fsp3) is 0. The fourth-order valence-electron chi connectivity index (χ4n) is 6.16. The lowest BCUT2D eigenvalue weighted by Crippen LogP contribution is -2.01. The average molecular weight is 573 g/mol. The lowest BCUT2D eigenvalue weighted by molar-refractivity contribution is 0.659. The summed E-state index contributed by atoms with van der Waals surface area (Å²) in [5.41, 5.74) is 6.34. The van der Waals surface area contributed by atoms with Crippen LogP contribution in [0.4, 0.5) is 0 Å². The van der Waals surface area contributed by atoms with Crippen molar-refractivity contribution in [2.24, 2.45) is 0 Å². The first kappa shape index (κ1) is 24.1. The monoisotopic (exact) mass is 572 g/mol. The molecule has 0 saturated heterocycles. The maximum Gasteiger partial charge on any atom is 0.200 e. The van der Waals surface area contributed by atoms with Gasteiger partial charge in [0.05, 0.1) is 21.5 Å². The molecule has 0 bridgehead atoms. The van der Waals surface area contributed by atoms with Gasteiger partial charge in [-0.15, -0.1) is 11.3 Å². The Labute approximate surface area is 247 Å². The van der Waals surface area contributed by atoms with E-state index >= 15 is 0 Å². The average Bonchev–Trinajstić information content (AvgIpc) is 3.43. The molecule has 0 amide bonds. The molecule has 0 aliphatic heterocycles. The van der Waals surface area contributed by atoms with E-state index in [-0.39, 0.29) is 10.9 Å². The highest BCUT2D eigenvalue weighted by Gasteiger charge is 2.15. The molecule has 0 saturated carbocycles. The number of para-hydroxylation sites is 2. The quantitative estimate of drug-likeness (QED) is 0.193. The molecule has 6 aromatic carbocycles. The first-order valence-electron chi connectivity index (χ1n) is 14.0. The molecule has 3 heterocycles. The van der Waals surface area contributed by atoms with Crippen LogP contribution in [-0.4, -0.2) is 0 Å². The summed E-state index contributed by atoms with van der Waals surface area (Å²) in [6, 6.07) is 39.2. The minimum atomic E-state index is -0.0252. The van der Waals surface area contributed by atoms with Gasteiger partial charge < -0.3 is 8.83 Å². The van der Waals surface area contributed by atoms with Crippen molar-refractivity contribution in [3.8, 4) is 22.3 Å². The molecule has 0 fully saturated rings. The highest BCUT2D eigenvalue weighted by Crippen LogP contribution is 2.42. The van der Waals surface area contributed by atoms with Crippen LogP contribution < -0.4 is 10.9 Å². The second-order valence-corrected chi connectivity index (χ2v) is 11.8. The largest absolute Gasteiger partial charge is 0.456 e. The van der Waals surface area contributed by atoms with Crippen molar-refractivity contribution < 1.29 is 8.83 Å². The van der Waals surface area contributed by atoms with E-state index in [1.54, 1.807) is 17.4 Å². The van der Waals surface area contributed by atoms with Gasteiger partial charge in [-0.25, -0.2) is 0 Å². The number of fused-ring (bicyclic) bond motifs is 7. The normalized spacial score (nSPS) is 11.9. The zero-order valence-corrected chi connectivity index (χ0v) is 23.4. The van der Waals surface area contributed by atoms with E-state index in [0.717, 1.165) is 37.7 Å². The third kappa shape index (κ3) is 3.62. The van der Waals surface area contributed by atoms with Gasteiger partial charge in [-0.2, -0.15) is 0 Å². The molecule has 0 radical (unpaired) electrons. The number of rotatable bonds is 2. The molecule has 5 heteroatoms. The van der Waals surface area contributed by atoms with Crippen molar-refractivity contribution in [1.82, 2.24) is 0 Å². The van der Waals surface area contributed by atoms with Crippen molar-refractivity contribution >= 4 is 75.4 Å². The zero-order valence-electron chi connectivity index (χ0n) is 22.6. The summed E-state index contributed by atoms with van der Waals surface area (Å²) in [7, 11) is 0. The van der Waals surface area contributed by atoms with Gasteiger partial charge in [-0.3, -0.25) is 9.59 Å². The first-order chi connectivity index (χ1) is 21.1. The highest BCUT2D eigenvalue weighted by atomic mass is 32.1. The summed E-state index contributed by atoms with van der Waals surface area (Å²) in [6.45, 7) is 0. The third-order valence-corrected chi connectivity index (χ3v) is 9.51. The molecule has 0 aliphatic carbocycles. The fourth-order valence-corrected chi connectivity index (χ4v) is 7.38. The number of thiophene rings is 1. The van der Waals surface area contributed by atoms with Crippen molar-refractivity contribution in [3.05, 3.63) is 142 Å². The van der Waals surface area contributed by atoms with Gasteiger partial charge in [0.2, 0.25) is 10.9 Å². The van der Waals surface area contributed by atoms with Crippen LogP contribution in [-0.2, 0) is 0 Å². The van der Waals surface area contributed by atoms with Gasteiger partial charge in [-0.05, 0) is 82.9 Å². The second kappa shape index (κ2) is 8.99. The molecule has 9 rings (SSSR count). The summed E-state index contributed by atoms with van der Waals surface area (Å²) in [5.74, 6) is 0. The van der Waals surface area contributed by atoms with Gasteiger partial charge in [0.1, 0.15) is 22.3 Å². The van der Waals surface area contributed by atoms with E-state index in [9.17, 15) is 9.59 Å². The van der Waals surface area contributed by atoms with Crippen LogP contribution in [0.15, 0.2) is 140 Å². The Kier molecular flexibility index (Phi) is 5.04.